The minimum atomic E-state index is -1.70. The van der Waals surface area contributed by atoms with Crippen molar-refractivity contribution in [3.8, 4) is 11.8 Å². The Morgan fingerprint density at radius 2 is 1.91 bits per heavy atom. The summed E-state index contributed by atoms with van der Waals surface area (Å²) < 4.78 is 7.15. The minimum Gasteiger partial charge on any atom is -0.440 e. The van der Waals surface area contributed by atoms with Crippen molar-refractivity contribution >= 4 is 23.2 Å². The fraction of sp³-hybridized carbons (Fsp3) is 0.160. The number of nitrogens with zero attached hydrogens (tertiary/aromatic N) is 3. The van der Waals surface area contributed by atoms with Crippen LogP contribution < -0.4 is 20.9 Å². The first-order valence-electron chi connectivity index (χ1n) is 10.3. The predicted molar refractivity (Wildman–Crippen MR) is 124 cm³/mol. The van der Waals surface area contributed by atoms with Gasteiger partial charge in [0.1, 0.15) is 17.4 Å². The lowest BCUT2D eigenvalue weighted by Gasteiger charge is -2.34. The van der Waals surface area contributed by atoms with Crippen LogP contribution in [0.5, 0.6) is 5.75 Å². The molecule has 2 aliphatic heterocycles. The molecule has 1 spiro atoms. The minimum absolute atomic E-state index is 0.0902. The Morgan fingerprint density at radius 3 is 2.64 bits per heavy atom. The van der Waals surface area contributed by atoms with E-state index in [1.807, 2.05) is 12.1 Å². The second-order valence-electron chi connectivity index (χ2n) is 8.13. The number of pyridine rings is 1. The van der Waals surface area contributed by atoms with Crippen molar-refractivity contribution in [2.45, 2.75) is 18.9 Å². The van der Waals surface area contributed by atoms with E-state index in [-0.39, 0.29) is 29.3 Å². The molecule has 5 rings (SSSR count). The highest BCUT2D eigenvalue weighted by atomic mass is 35.5. The Morgan fingerprint density at radius 1 is 1.15 bits per heavy atom. The van der Waals surface area contributed by atoms with Gasteiger partial charge in [0.05, 0.1) is 12.1 Å². The first-order valence-corrected chi connectivity index (χ1v) is 10.6. The first kappa shape index (κ1) is 20.9. The monoisotopic (exact) mass is 458 g/mol. The van der Waals surface area contributed by atoms with E-state index in [1.54, 1.807) is 61.3 Å². The lowest BCUT2D eigenvalue weighted by molar-refractivity contribution is -0.121. The number of aromatic nitrogens is 1. The number of fused-ring (bicyclic) bond motifs is 4. The maximum atomic E-state index is 14.3. The summed E-state index contributed by atoms with van der Waals surface area (Å²) in [6.07, 6.45) is 0. The average molecular weight is 459 g/mol. The molecule has 1 amide bonds. The van der Waals surface area contributed by atoms with Crippen molar-refractivity contribution in [2.24, 2.45) is 12.8 Å². The number of para-hydroxylation sites is 1. The third-order valence-corrected chi connectivity index (χ3v) is 6.59. The van der Waals surface area contributed by atoms with Gasteiger partial charge in [0.25, 0.3) is 5.56 Å². The zero-order chi connectivity index (χ0) is 23.5. The molecule has 164 valence electrons. The topological polar surface area (TPSA) is 101 Å². The number of aryl methyl sites for hydroxylation is 1. The van der Waals surface area contributed by atoms with Crippen LogP contribution in [0.3, 0.4) is 0 Å². The van der Waals surface area contributed by atoms with Gasteiger partial charge in [-0.3, -0.25) is 9.59 Å². The Balaban J connectivity index is 1.84. The normalized spacial score (nSPS) is 18.7. The van der Waals surface area contributed by atoms with E-state index in [1.165, 1.54) is 4.57 Å². The van der Waals surface area contributed by atoms with Crippen LogP contribution in [0.25, 0.3) is 0 Å². The van der Waals surface area contributed by atoms with Gasteiger partial charge in [-0.25, -0.2) is 0 Å². The average Bonchev–Trinajstić information content (AvgIpc) is 3.01. The van der Waals surface area contributed by atoms with Crippen LogP contribution in [0.1, 0.15) is 22.4 Å². The number of halogens is 1. The van der Waals surface area contributed by atoms with E-state index in [4.69, 9.17) is 22.1 Å². The molecule has 1 atom stereocenters. The van der Waals surface area contributed by atoms with Crippen molar-refractivity contribution in [3.05, 3.63) is 104 Å². The van der Waals surface area contributed by atoms with Gasteiger partial charge in [-0.2, -0.15) is 5.26 Å². The Hall–Kier alpha value is -4.02. The highest BCUT2D eigenvalue weighted by molar-refractivity contribution is 6.30. The molecular formula is C25H19ClN4O3. The maximum absolute atomic E-state index is 14.3. The van der Waals surface area contributed by atoms with Gasteiger partial charge in [0.2, 0.25) is 11.8 Å². The zero-order valence-corrected chi connectivity index (χ0v) is 18.7. The molecule has 0 aliphatic carbocycles. The molecule has 8 heteroatoms. The van der Waals surface area contributed by atoms with Gasteiger partial charge in [-0.1, -0.05) is 41.9 Å². The number of ether oxygens (including phenoxy) is 1. The molecule has 33 heavy (non-hydrogen) atoms. The number of rotatable bonds is 2. The number of benzene rings is 2. The van der Waals surface area contributed by atoms with Crippen molar-refractivity contribution in [1.82, 2.24) is 4.57 Å². The summed E-state index contributed by atoms with van der Waals surface area (Å²) in [7, 11) is 1.62. The SMILES string of the molecule is Cc1cc2c(c(=O)n1C)C1(C(=O)N(Cc3cccc(Cl)c3)c3ccccc31)C(C#N)=C(N)O2. The fourth-order valence-electron chi connectivity index (χ4n) is 4.75. The number of nitrogens with two attached hydrogens (primary N) is 1. The molecule has 0 bridgehead atoms. The third-order valence-electron chi connectivity index (χ3n) is 6.36. The number of carbonyl (C=O) groups is 1. The molecule has 2 aromatic carbocycles. The smallest absolute Gasteiger partial charge is 0.259 e. The van der Waals surface area contributed by atoms with Gasteiger partial charge >= 0.3 is 0 Å². The third kappa shape index (κ3) is 2.74. The van der Waals surface area contributed by atoms with Crippen LogP contribution in [0, 0.1) is 18.3 Å². The highest BCUT2D eigenvalue weighted by Crippen LogP contribution is 2.54. The summed E-state index contributed by atoms with van der Waals surface area (Å²) >= 11 is 6.16. The summed E-state index contributed by atoms with van der Waals surface area (Å²) in [5.41, 5.74) is 6.60. The summed E-state index contributed by atoms with van der Waals surface area (Å²) in [6.45, 7) is 1.96. The van der Waals surface area contributed by atoms with Crippen LogP contribution >= 0.6 is 11.6 Å². The summed E-state index contributed by atoms with van der Waals surface area (Å²) in [5.74, 6) is -0.445. The molecular weight excluding hydrogens is 440 g/mol. The molecule has 2 N–H and O–H groups in total. The van der Waals surface area contributed by atoms with Crippen molar-refractivity contribution in [1.29, 1.82) is 5.26 Å². The van der Waals surface area contributed by atoms with Crippen molar-refractivity contribution < 1.29 is 9.53 Å². The number of hydrogen-bond acceptors (Lipinski definition) is 5. The number of nitriles is 1. The van der Waals surface area contributed by atoms with Crippen LogP contribution in [-0.2, 0) is 23.8 Å². The van der Waals surface area contributed by atoms with E-state index < -0.39 is 16.9 Å². The standard InChI is InChI=1S/C25H19ClN4O3/c1-14-10-20-21(23(31)29(14)2)25(18(12-27)22(28)33-20)17-8-3-4-9-19(17)30(24(25)32)13-15-6-5-7-16(26)11-15/h3-11H,13,28H2,1-2H3. The summed E-state index contributed by atoms with van der Waals surface area (Å²) in [6, 6.07) is 18.1. The molecule has 0 saturated carbocycles. The zero-order valence-electron chi connectivity index (χ0n) is 17.9. The second kappa shape index (κ2) is 7.26. The fourth-order valence-corrected chi connectivity index (χ4v) is 4.96. The molecule has 7 nitrogen and oxygen atoms in total. The van der Waals surface area contributed by atoms with Gasteiger partial charge < -0.3 is 19.9 Å². The molecule has 0 fully saturated rings. The van der Waals surface area contributed by atoms with Gasteiger partial charge in [-0.05, 0) is 30.7 Å². The maximum Gasteiger partial charge on any atom is 0.259 e. The van der Waals surface area contributed by atoms with E-state index in [2.05, 4.69) is 6.07 Å². The van der Waals surface area contributed by atoms with Crippen LogP contribution in [0.4, 0.5) is 5.69 Å². The van der Waals surface area contributed by atoms with E-state index >= 15 is 0 Å². The van der Waals surface area contributed by atoms with Crippen LogP contribution in [0.15, 0.2) is 70.8 Å². The van der Waals surface area contributed by atoms with Crippen molar-refractivity contribution in [3.63, 3.8) is 0 Å². The van der Waals surface area contributed by atoms with E-state index in [9.17, 15) is 14.9 Å². The number of hydrogen-bond donors (Lipinski definition) is 1. The molecule has 0 radical (unpaired) electrons. The summed E-state index contributed by atoms with van der Waals surface area (Å²) in [5, 5.41) is 10.7. The van der Waals surface area contributed by atoms with Crippen LogP contribution in [-0.4, -0.2) is 10.5 Å². The quantitative estimate of drug-likeness (QED) is 0.635. The van der Waals surface area contributed by atoms with Gasteiger partial charge in [0, 0.05) is 35.1 Å². The Labute approximate surface area is 194 Å². The molecule has 0 saturated heterocycles. The number of carbonyl (C=O) groups excluding carboxylic acids is 1. The molecule has 1 unspecified atom stereocenters. The van der Waals surface area contributed by atoms with Crippen LogP contribution in [0.2, 0.25) is 5.02 Å². The van der Waals surface area contributed by atoms with Crippen molar-refractivity contribution in [2.75, 3.05) is 4.90 Å². The van der Waals surface area contributed by atoms with Gasteiger partial charge in [0.15, 0.2) is 5.41 Å². The Kier molecular flexibility index (Phi) is 4.59. The molecule has 3 aromatic rings. The second-order valence-corrected chi connectivity index (χ2v) is 8.57. The lowest BCUT2D eigenvalue weighted by atomic mass is 9.69. The number of amides is 1. The largest absolute Gasteiger partial charge is 0.440 e. The molecule has 3 heterocycles. The van der Waals surface area contributed by atoms with E-state index in [0.29, 0.717) is 22.0 Å². The number of anilines is 1. The first-order chi connectivity index (χ1) is 15.8. The van der Waals surface area contributed by atoms with Gasteiger partial charge in [-0.15, -0.1) is 0 Å². The summed E-state index contributed by atoms with van der Waals surface area (Å²) in [4.78, 5) is 29.4. The van der Waals surface area contributed by atoms with E-state index in [0.717, 1.165) is 5.56 Å². The Bertz CT molecular complexity index is 1480. The molecule has 1 aromatic heterocycles. The predicted octanol–water partition coefficient (Wildman–Crippen LogP) is 3.27. The highest BCUT2D eigenvalue weighted by Gasteiger charge is 2.60. The molecule has 2 aliphatic rings. The lowest BCUT2D eigenvalue weighted by Crippen LogP contribution is -2.49.